The lowest BCUT2D eigenvalue weighted by Gasteiger charge is -2.14. The van der Waals surface area contributed by atoms with Gasteiger partial charge in [-0.15, -0.1) is 0 Å². The third-order valence-electron chi connectivity index (χ3n) is 2.72. The molecule has 1 aromatic carbocycles. The molecule has 17 heavy (non-hydrogen) atoms. The predicted molar refractivity (Wildman–Crippen MR) is 72.8 cm³/mol. The first-order valence-corrected chi connectivity index (χ1v) is 6.29. The standard InChI is InChI=1S/C14H19ClFN/c1-4-7-17-11(3)10(2)8-12-9-13(15)5-6-14(12)16/h5-6,8-9,11,17H,4,7H2,1-3H3/b10-8+. The van der Waals surface area contributed by atoms with Crippen LogP contribution in [0.2, 0.25) is 5.02 Å². The Labute approximate surface area is 108 Å². The fourth-order valence-corrected chi connectivity index (χ4v) is 1.70. The number of nitrogens with one attached hydrogen (secondary N) is 1. The molecule has 0 spiro atoms. The minimum atomic E-state index is -0.239. The summed E-state index contributed by atoms with van der Waals surface area (Å²) in [5.74, 6) is -0.239. The summed E-state index contributed by atoms with van der Waals surface area (Å²) in [7, 11) is 0. The van der Waals surface area contributed by atoms with Crippen LogP contribution in [-0.4, -0.2) is 12.6 Å². The van der Waals surface area contributed by atoms with E-state index in [9.17, 15) is 4.39 Å². The van der Waals surface area contributed by atoms with Gasteiger partial charge in [0.2, 0.25) is 0 Å². The second-order valence-electron chi connectivity index (χ2n) is 4.23. The Morgan fingerprint density at radius 2 is 2.24 bits per heavy atom. The maximum atomic E-state index is 13.5. The van der Waals surface area contributed by atoms with E-state index in [1.807, 2.05) is 13.0 Å². The molecular weight excluding hydrogens is 237 g/mol. The van der Waals surface area contributed by atoms with Crippen molar-refractivity contribution < 1.29 is 4.39 Å². The number of hydrogen-bond donors (Lipinski definition) is 1. The van der Waals surface area contributed by atoms with Crippen molar-refractivity contribution in [3.05, 3.63) is 40.2 Å². The van der Waals surface area contributed by atoms with Gasteiger partial charge in [0.05, 0.1) is 0 Å². The summed E-state index contributed by atoms with van der Waals surface area (Å²) in [4.78, 5) is 0. The molecule has 0 aromatic heterocycles. The first kappa shape index (κ1) is 14.2. The van der Waals surface area contributed by atoms with Gasteiger partial charge in [-0.05, 0) is 45.0 Å². The lowest BCUT2D eigenvalue weighted by molar-refractivity contribution is 0.602. The zero-order valence-electron chi connectivity index (χ0n) is 10.6. The second-order valence-corrected chi connectivity index (χ2v) is 4.67. The molecule has 0 aliphatic heterocycles. The number of rotatable bonds is 5. The van der Waals surface area contributed by atoms with Crippen molar-refractivity contribution in [2.75, 3.05) is 6.54 Å². The van der Waals surface area contributed by atoms with Crippen molar-refractivity contribution in [3.8, 4) is 0 Å². The van der Waals surface area contributed by atoms with Gasteiger partial charge in [-0.1, -0.05) is 30.2 Å². The van der Waals surface area contributed by atoms with E-state index in [-0.39, 0.29) is 11.9 Å². The molecule has 0 amide bonds. The van der Waals surface area contributed by atoms with Crippen LogP contribution >= 0.6 is 11.6 Å². The van der Waals surface area contributed by atoms with Crippen molar-refractivity contribution >= 4 is 17.7 Å². The maximum absolute atomic E-state index is 13.5. The normalized spacial score (nSPS) is 13.8. The monoisotopic (exact) mass is 255 g/mol. The summed E-state index contributed by atoms with van der Waals surface area (Å²) in [6, 6.07) is 4.84. The molecule has 1 N–H and O–H groups in total. The van der Waals surface area contributed by atoms with Crippen LogP contribution in [0.3, 0.4) is 0 Å². The zero-order valence-corrected chi connectivity index (χ0v) is 11.3. The lowest BCUT2D eigenvalue weighted by atomic mass is 10.1. The summed E-state index contributed by atoms with van der Waals surface area (Å²) in [5.41, 5.74) is 1.64. The van der Waals surface area contributed by atoms with Gasteiger partial charge in [0.1, 0.15) is 5.82 Å². The molecule has 0 heterocycles. The van der Waals surface area contributed by atoms with Crippen molar-refractivity contribution in [1.82, 2.24) is 5.32 Å². The van der Waals surface area contributed by atoms with Gasteiger partial charge in [-0.25, -0.2) is 4.39 Å². The fourth-order valence-electron chi connectivity index (χ4n) is 1.52. The Kier molecular flexibility index (Phi) is 5.66. The molecule has 94 valence electrons. The molecule has 1 nitrogen and oxygen atoms in total. The van der Waals surface area contributed by atoms with Gasteiger partial charge in [-0.2, -0.15) is 0 Å². The molecule has 3 heteroatoms. The topological polar surface area (TPSA) is 12.0 Å². The Bertz CT molecular complexity index is 401. The number of hydrogen-bond acceptors (Lipinski definition) is 1. The van der Waals surface area contributed by atoms with E-state index in [1.165, 1.54) is 6.07 Å². The summed E-state index contributed by atoms with van der Waals surface area (Å²) < 4.78 is 13.5. The van der Waals surface area contributed by atoms with Crippen LogP contribution in [0.15, 0.2) is 23.8 Å². The zero-order chi connectivity index (χ0) is 12.8. The molecule has 0 aliphatic rings. The summed E-state index contributed by atoms with van der Waals surface area (Å²) >= 11 is 5.85. The molecule has 0 bridgehead atoms. The molecule has 1 rings (SSSR count). The third kappa shape index (κ3) is 4.49. The highest BCUT2D eigenvalue weighted by Gasteiger charge is 2.05. The molecule has 0 saturated carbocycles. The Hall–Kier alpha value is -0.860. The smallest absolute Gasteiger partial charge is 0.130 e. The molecule has 1 atom stereocenters. The maximum Gasteiger partial charge on any atom is 0.130 e. The van der Waals surface area contributed by atoms with E-state index in [1.54, 1.807) is 12.1 Å². The molecule has 0 radical (unpaired) electrons. The highest BCUT2D eigenvalue weighted by Crippen LogP contribution is 2.18. The Morgan fingerprint density at radius 3 is 2.88 bits per heavy atom. The van der Waals surface area contributed by atoms with Gasteiger partial charge in [0.25, 0.3) is 0 Å². The quantitative estimate of drug-likeness (QED) is 0.829. The fraction of sp³-hybridized carbons (Fsp3) is 0.429. The molecular formula is C14H19ClFN. The first-order chi connectivity index (χ1) is 8.04. The molecule has 1 aromatic rings. The number of benzene rings is 1. The largest absolute Gasteiger partial charge is 0.311 e. The van der Waals surface area contributed by atoms with Gasteiger partial charge >= 0.3 is 0 Å². The van der Waals surface area contributed by atoms with E-state index >= 15 is 0 Å². The Balaban J connectivity index is 2.82. The highest BCUT2D eigenvalue weighted by atomic mass is 35.5. The second kappa shape index (κ2) is 6.77. The van der Waals surface area contributed by atoms with Crippen LogP contribution in [0, 0.1) is 5.82 Å². The molecule has 0 aliphatic carbocycles. The van der Waals surface area contributed by atoms with Gasteiger partial charge < -0.3 is 5.32 Å². The van der Waals surface area contributed by atoms with E-state index in [0.29, 0.717) is 10.6 Å². The summed E-state index contributed by atoms with van der Waals surface area (Å²) in [6.07, 6.45) is 2.93. The van der Waals surface area contributed by atoms with Crippen LogP contribution in [0.4, 0.5) is 4.39 Å². The van der Waals surface area contributed by atoms with Crippen LogP contribution in [-0.2, 0) is 0 Å². The minimum Gasteiger partial charge on any atom is -0.311 e. The van der Waals surface area contributed by atoms with Crippen molar-refractivity contribution in [1.29, 1.82) is 0 Å². The van der Waals surface area contributed by atoms with E-state index in [4.69, 9.17) is 11.6 Å². The van der Waals surface area contributed by atoms with Crippen molar-refractivity contribution in [3.63, 3.8) is 0 Å². The van der Waals surface area contributed by atoms with Crippen molar-refractivity contribution in [2.24, 2.45) is 0 Å². The van der Waals surface area contributed by atoms with Gasteiger partial charge in [-0.3, -0.25) is 0 Å². The summed E-state index contributed by atoms with van der Waals surface area (Å²) in [5, 5.41) is 3.92. The lowest BCUT2D eigenvalue weighted by Crippen LogP contribution is -2.27. The SMILES string of the molecule is CCCNC(C)/C(C)=C/c1cc(Cl)ccc1F. The highest BCUT2D eigenvalue weighted by molar-refractivity contribution is 6.30. The van der Waals surface area contributed by atoms with Gasteiger partial charge in [0, 0.05) is 16.6 Å². The van der Waals surface area contributed by atoms with E-state index < -0.39 is 0 Å². The molecule has 0 fully saturated rings. The average Bonchev–Trinajstić information content (AvgIpc) is 2.30. The van der Waals surface area contributed by atoms with Gasteiger partial charge in [0.15, 0.2) is 0 Å². The summed E-state index contributed by atoms with van der Waals surface area (Å²) in [6.45, 7) is 7.15. The molecule has 0 saturated heterocycles. The predicted octanol–water partition coefficient (Wildman–Crippen LogP) is 4.27. The first-order valence-electron chi connectivity index (χ1n) is 5.91. The number of halogens is 2. The van der Waals surface area contributed by atoms with E-state index in [2.05, 4.69) is 19.2 Å². The third-order valence-corrected chi connectivity index (χ3v) is 2.96. The van der Waals surface area contributed by atoms with E-state index in [0.717, 1.165) is 18.5 Å². The van der Waals surface area contributed by atoms with Crippen molar-refractivity contribution in [2.45, 2.75) is 33.2 Å². The van der Waals surface area contributed by atoms with Crippen LogP contribution in [0.25, 0.3) is 6.08 Å². The van der Waals surface area contributed by atoms with Crippen LogP contribution in [0.5, 0.6) is 0 Å². The van der Waals surface area contributed by atoms with Crippen LogP contribution in [0.1, 0.15) is 32.8 Å². The van der Waals surface area contributed by atoms with Crippen LogP contribution < -0.4 is 5.32 Å². The molecule has 1 unspecified atom stereocenters. The minimum absolute atomic E-state index is 0.239. The Morgan fingerprint density at radius 1 is 1.53 bits per heavy atom. The average molecular weight is 256 g/mol.